The first kappa shape index (κ1) is 18.7. The molecule has 1 aromatic carbocycles. The maximum Gasteiger partial charge on any atom is 0.321 e. The Kier molecular flexibility index (Phi) is 7.45. The Morgan fingerprint density at radius 2 is 2.00 bits per heavy atom. The predicted octanol–water partition coefficient (Wildman–Crippen LogP) is 0.617. The molecule has 1 atom stereocenters. The molecule has 0 spiro atoms. The number of halogens is 1. The molecule has 1 amide bonds. The molecule has 0 unspecified atom stereocenters. The van der Waals surface area contributed by atoms with Crippen LogP contribution in [0, 0.1) is 0 Å². The zero-order valence-corrected chi connectivity index (χ0v) is 14.2. The molecule has 1 aliphatic heterocycles. The molecule has 1 aromatic rings. The first-order chi connectivity index (χ1) is 11.6. The molecule has 7 nitrogen and oxygen atoms in total. The number of para-hydroxylation sites is 1. The summed E-state index contributed by atoms with van der Waals surface area (Å²) in [7, 11) is 0. The van der Waals surface area contributed by atoms with E-state index in [1.165, 1.54) is 0 Å². The molecule has 0 aromatic heterocycles. The average molecular weight is 355 g/mol. The van der Waals surface area contributed by atoms with Gasteiger partial charge in [0.2, 0.25) is 5.91 Å². The summed E-state index contributed by atoms with van der Waals surface area (Å²) in [4.78, 5) is 25.7. The van der Waals surface area contributed by atoms with Crippen molar-refractivity contribution in [2.75, 3.05) is 44.6 Å². The number of anilines is 1. The fraction of sp³-hybridized carbons (Fsp3) is 0.500. The van der Waals surface area contributed by atoms with Gasteiger partial charge >= 0.3 is 5.97 Å². The summed E-state index contributed by atoms with van der Waals surface area (Å²) in [6, 6.07) is 5.93. The van der Waals surface area contributed by atoms with Crippen molar-refractivity contribution in [1.29, 1.82) is 0 Å². The van der Waals surface area contributed by atoms with Crippen molar-refractivity contribution >= 4 is 29.2 Å². The van der Waals surface area contributed by atoms with Crippen molar-refractivity contribution in [1.82, 2.24) is 15.5 Å². The summed E-state index contributed by atoms with van der Waals surface area (Å²) < 4.78 is 0. The van der Waals surface area contributed by atoms with E-state index in [1.807, 2.05) is 0 Å². The monoisotopic (exact) mass is 354 g/mol. The minimum Gasteiger partial charge on any atom is -0.480 e. The lowest BCUT2D eigenvalue weighted by Gasteiger charge is -2.27. The van der Waals surface area contributed by atoms with E-state index >= 15 is 0 Å². The van der Waals surface area contributed by atoms with Crippen LogP contribution in [0.1, 0.15) is 6.42 Å². The van der Waals surface area contributed by atoms with Gasteiger partial charge in [-0.05, 0) is 12.1 Å². The molecule has 1 aliphatic rings. The highest BCUT2D eigenvalue weighted by atomic mass is 35.5. The molecule has 4 N–H and O–H groups in total. The van der Waals surface area contributed by atoms with Crippen LogP contribution in [0.2, 0.25) is 5.02 Å². The van der Waals surface area contributed by atoms with Gasteiger partial charge < -0.3 is 21.1 Å². The summed E-state index contributed by atoms with van der Waals surface area (Å²) in [6.07, 6.45) is -0.151. The molecular weight excluding hydrogens is 332 g/mol. The van der Waals surface area contributed by atoms with Gasteiger partial charge in [0.15, 0.2) is 0 Å². The maximum atomic E-state index is 12.1. The molecule has 132 valence electrons. The number of aliphatic carboxylic acids is 1. The fourth-order valence-electron chi connectivity index (χ4n) is 2.53. The number of hydrogen-bond donors (Lipinski definition) is 4. The molecule has 0 radical (unpaired) electrons. The van der Waals surface area contributed by atoms with Crippen LogP contribution in [0.4, 0.5) is 5.69 Å². The molecule has 1 heterocycles. The average Bonchev–Trinajstić information content (AvgIpc) is 2.57. The summed E-state index contributed by atoms with van der Waals surface area (Å²) in [5.74, 6) is -1.42. The summed E-state index contributed by atoms with van der Waals surface area (Å²) >= 11 is 5.98. The number of nitrogens with one attached hydrogen (secondary N) is 3. The standard InChI is InChI=1S/C16H23ClN4O3/c17-12-3-1-2-4-13(12)20-15(22)11-14(16(23)24)19-7-10-21-8-5-18-6-9-21/h1-4,14,18-19H,5-11H2,(H,20,22)(H,23,24)/t14-/m0/s1. The Labute approximate surface area is 146 Å². The van der Waals surface area contributed by atoms with Crippen LogP contribution >= 0.6 is 11.6 Å². The number of rotatable bonds is 8. The van der Waals surface area contributed by atoms with E-state index in [2.05, 4.69) is 20.9 Å². The number of carbonyl (C=O) groups is 2. The highest BCUT2D eigenvalue weighted by Crippen LogP contribution is 2.20. The van der Waals surface area contributed by atoms with Crippen molar-refractivity contribution in [3.8, 4) is 0 Å². The van der Waals surface area contributed by atoms with Crippen molar-refractivity contribution < 1.29 is 14.7 Å². The Morgan fingerprint density at radius 1 is 1.29 bits per heavy atom. The molecular formula is C16H23ClN4O3. The summed E-state index contributed by atoms with van der Waals surface area (Å²) in [6.45, 7) is 5.08. The van der Waals surface area contributed by atoms with Gasteiger partial charge in [-0.25, -0.2) is 0 Å². The number of amides is 1. The molecule has 8 heteroatoms. The minimum absolute atomic E-state index is 0.151. The SMILES string of the molecule is O=C(C[C@H](NCCN1CCNCC1)C(=O)O)Nc1ccccc1Cl. The lowest BCUT2D eigenvalue weighted by atomic mass is 10.2. The predicted molar refractivity (Wildman–Crippen MR) is 93.4 cm³/mol. The first-order valence-corrected chi connectivity index (χ1v) is 8.37. The third kappa shape index (κ3) is 6.09. The molecule has 1 saturated heterocycles. The van der Waals surface area contributed by atoms with Gasteiger partial charge in [-0.2, -0.15) is 0 Å². The van der Waals surface area contributed by atoms with Gasteiger partial charge in [-0.15, -0.1) is 0 Å². The number of carboxylic acid groups (broad SMARTS) is 1. The Hall–Kier alpha value is -1.67. The van der Waals surface area contributed by atoms with Crippen LogP contribution in [0.5, 0.6) is 0 Å². The maximum absolute atomic E-state index is 12.1. The first-order valence-electron chi connectivity index (χ1n) is 8.00. The summed E-state index contributed by atoms with van der Waals surface area (Å²) in [5, 5.41) is 18.6. The Balaban J connectivity index is 1.78. The number of nitrogens with zero attached hydrogens (tertiary/aromatic N) is 1. The van der Waals surface area contributed by atoms with Crippen molar-refractivity contribution in [2.45, 2.75) is 12.5 Å². The molecule has 0 aliphatic carbocycles. The quantitative estimate of drug-likeness (QED) is 0.547. The van der Waals surface area contributed by atoms with Crippen LogP contribution in [0.25, 0.3) is 0 Å². The van der Waals surface area contributed by atoms with E-state index in [0.717, 1.165) is 32.7 Å². The zero-order valence-electron chi connectivity index (χ0n) is 13.4. The topological polar surface area (TPSA) is 93.7 Å². The third-order valence-corrected chi connectivity index (χ3v) is 4.19. The Morgan fingerprint density at radius 3 is 2.67 bits per heavy atom. The lowest BCUT2D eigenvalue weighted by Crippen LogP contribution is -2.48. The lowest BCUT2D eigenvalue weighted by molar-refractivity contribution is -0.141. The van der Waals surface area contributed by atoms with E-state index < -0.39 is 12.0 Å². The van der Waals surface area contributed by atoms with E-state index in [1.54, 1.807) is 24.3 Å². The number of hydrogen-bond acceptors (Lipinski definition) is 5. The number of piperazine rings is 1. The van der Waals surface area contributed by atoms with Gasteiger partial charge in [0, 0.05) is 39.3 Å². The normalized spacial score (nSPS) is 16.5. The van der Waals surface area contributed by atoms with Crippen molar-refractivity contribution in [3.63, 3.8) is 0 Å². The smallest absolute Gasteiger partial charge is 0.321 e. The molecule has 0 bridgehead atoms. The molecule has 2 rings (SSSR count). The van der Waals surface area contributed by atoms with E-state index in [-0.39, 0.29) is 12.3 Å². The van der Waals surface area contributed by atoms with Crippen molar-refractivity contribution in [3.05, 3.63) is 29.3 Å². The van der Waals surface area contributed by atoms with E-state index in [0.29, 0.717) is 17.3 Å². The largest absolute Gasteiger partial charge is 0.480 e. The van der Waals surface area contributed by atoms with Crippen LogP contribution in [-0.2, 0) is 9.59 Å². The second-order valence-corrected chi connectivity index (χ2v) is 6.08. The number of carboxylic acids is 1. The number of carbonyl (C=O) groups excluding carboxylic acids is 1. The highest BCUT2D eigenvalue weighted by Gasteiger charge is 2.21. The van der Waals surface area contributed by atoms with Crippen LogP contribution in [0.3, 0.4) is 0 Å². The van der Waals surface area contributed by atoms with Crippen LogP contribution in [0.15, 0.2) is 24.3 Å². The van der Waals surface area contributed by atoms with Gasteiger partial charge in [-0.1, -0.05) is 23.7 Å². The van der Waals surface area contributed by atoms with Gasteiger partial charge in [0.05, 0.1) is 17.1 Å². The highest BCUT2D eigenvalue weighted by molar-refractivity contribution is 6.33. The molecule has 1 fully saturated rings. The zero-order chi connectivity index (χ0) is 17.4. The van der Waals surface area contributed by atoms with Crippen LogP contribution < -0.4 is 16.0 Å². The van der Waals surface area contributed by atoms with Gasteiger partial charge in [-0.3, -0.25) is 14.5 Å². The summed E-state index contributed by atoms with van der Waals surface area (Å²) in [5.41, 5.74) is 0.481. The molecule has 24 heavy (non-hydrogen) atoms. The van der Waals surface area contributed by atoms with E-state index in [4.69, 9.17) is 11.6 Å². The third-order valence-electron chi connectivity index (χ3n) is 3.86. The van der Waals surface area contributed by atoms with E-state index in [9.17, 15) is 14.7 Å². The fourth-order valence-corrected chi connectivity index (χ4v) is 2.71. The van der Waals surface area contributed by atoms with Gasteiger partial charge in [0.25, 0.3) is 0 Å². The second kappa shape index (κ2) is 9.58. The van der Waals surface area contributed by atoms with Crippen molar-refractivity contribution in [2.24, 2.45) is 0 Å². The minimum atomic E-state index is -1.04. The van der Waals surface area contributed by atoms with Gasteiger partial charge in [0.1, 0.15) is 6.04 Å². The Bertz CT molecular complexity index is 564. The second-order valence-electron chi connectivity index (χ2n) is 5.67. The number of benzene rings is 1. The van der Waals surface area contributed by atoms with Crippen LogP contribution in [-0.4, -0.2) is 67.2 Å². The molecule has 0 saturated carbocycles.